The molecule has 2 N–H and O–H groups in total. The van der Waals surface area contributed by atoms with E-state index in [-0.39, 0.29) is 11.7 Å². The molecule has 0 bridgehead atoms. The predicted octanol–water partition coefficient (Wildman–Crippen LogP) is 3.11. The van der Waals surface area contributed by atoms with Crippen molar-refractivity contribution < 1.29 is 9.90 Å². The Bertz CT molecular complexity index is 912. The third-order valence-electron chi connectivity index (χ3n) is 6.77. The van der Waals surface area contributed by atoms with E-state index in [1.54, 1.807) is 0 Å². The van der Waals surface area contributed by atoms with E-state index in [9.17, 15) is 9.90 Å². The molecule has 1 saturated carbocycles. The summed E-state index contributed by atoms with van der Waals surface area (Å²) in [6.45, 7) is 3.65. The van der Waals surface area contributed by atoms with E-state index >= 15 is 0 Å². The fraction of sp³-hybridized carbons (Fsp3) is 0.458. The SMILES string of the molecule is CN1NCc2cccc(-c3ccc(CN4CCC(C(=O)C5(O)CC5)CC4)cc3)c21. The Kier molecular flexibility index (Phi) is 4.69. The number of benzene rings is 2. The number of para-hydroxylation sites is 1. The summed E-state index contributed by atoms with van der Waals surface area (Å²) in [5.74, 6) is 0.142. The van der Waals surface area contributed by atoms with Crippen LogP contribution in [0.15, 0.2) is 42.5 Å². The highest BCUT2D eigenvalue weighted by molar-refractivity contribution is 5.91. The van der Waals surface area contributed by atoms with Crippen LogP contribution in [0.3, 0.4) is 0 Å². The Morgan fingerprint density at radius 1 is 1.14 bits per heavy atom. The third-order valence-corrected chi connectivity index (χ3v) is 6.77. The van der Waals surface area contributed by atoms with Crippen molar-refractivity contribution in [3.8, 4) is 11.1 Å². The first kappa shape index (κ1) is 18.8. The van der Waals surface area contributed by atoms with Crippen molar-refractivity contribution in [2.24, 2.45) is 5.92 Å². The van der Waals surface area contributed by atoms with Crippen LogP contribution in [0, 0.1) is 5.92 Å². The highest BCUT2D eigenvalue weighted by atomic mass is 16.3. The number of anilines is 1. The van der Waals surface area contributed by atoms with Gasteiger partial charge in [0.2, 0.25) is 0 Å². The van der Waals surface area contributed by atoms with Gasteiger partial charge in [-0.25, -0.2) is 5.43 Å². The smallest absolute Gasteiger partial charge is 0.167 e. The predicted molar refractivity (Wildman–Crippen MR) is 114 cm³/mol. The molecule has 0 radical (unpaired) electrons. The topological polar surface area (TPSA) is 55.8 Å². The summed E-state index contributed by atoms with van der Waals surface area (Å²) in [5, 5.41) is 12.2. The van der Waals surface area contributed by atoms with Crippen molar-refractivity contribution in [3.05, 3.63) is 53.6 Å². The molecule has 0 amide bonds. The lowest BCUT2D eigenvalue weighted by molar-refractivity contribution is -0.134. The Balaban J connectivity index is 1.22. The number of fused-ring (bicyclic) bond motifs is 1. The summed E-state index contributed by atoms with van der Waals surface area (Å²) in [5.41, 5.74) is 8.81. The number of hydrazine groups is 1. The molecule has 5 rings (SSSR count). The van der Waals surface area contributed by atoms with Crippen molar-refractivity contribution in [1.82, 2.24) is 10.3 Å². The molecule has 29 heavy (non-hydrogen) atoms. The first-order chi connectivity index (χ1) is 14.0. The maximum absolute atomic E-state index is 12.3. The van der Waals surface area contributed by atoms with Crippen LogP contribution in [-0.4, -0.2) is 41.5 Å². The van der Waals surface area contributed by atoms with Crippen molar-refractivity contribution in [1.29, 1.82) is 0 Å². The van der Waals surface area contributed by atoms with Crippen LogP contribution >= 0.6 is 0 Å². The Labute approximate surface area is 172 Å². The number of carbonyl (C=O) groups excluding carboxylic acids is 1. The molecule has 2 aromatic carbocycles. The average molecular weight is 392 g/mol. The van der Waals surface area contributed by atoms with Crippen molar-refractivity contribution in [2.45, 2.75) is 44.4 Å². The summed E-state index contributed by atoms with van der Waals surface area (Å²) >= 11 is 0. The summed E-state index contributed by atoms with van der Waals surface area (Å²) in [6, 6.07) is 15.4. The van der Waals surface area contributed by atoms with Gasteiger partial charge in [0.15, 0.2) is 5.78 Å². The average Bonchev–Trinajstić information content (AvgIpc) is 3.39. The van der Waals surface area contributed by atoms with Crippen LogP contribution in [0.25, 0.3) is 11.1 Å². The van der Waals surface area contributed by atoms with E-state index in [0.717, 1.165) is 39.0 Å². The molecule has 5 heteroatoms. The number of rotatable bonds is 5. The Hall–Kier alpha value is -2.21. The van der Waals surface area contributed by atoms with Gasteiger partial charge < -0.3 is 10.1 Å². The molecule has 0 aromatic heterocycles. The van der Waals surface area contributed by atoms with Gasteiger partial charge in [0.25, 0.3) is 0 Å². The van der Waals surface area contributed by atoms with E-state index in [4.69, 9.17) is 0 Å². The molecule has 1 aliphatic carbocycles. The molecule has 2 aromatic rings. The molecule has 152 valence electrons. The van der Waals surface area contributed by atoms with Gasteiger partial charge in [-0.05, 0) is 55.5 Å². The standard InChI is InChI=1S/C24H29N3O2/c1-26-22-20(15-25-26)3-2-4-21(22)18-7-5-17(6-8-18)16-27-13-9-19(10-14-27)23(28)24(29)11-12-24/h2-8,19,25,29H,9-16H2,1H3. The second-order valence-corrected chi connectivity index (χ2v) is 8.85. The fourth-order valence-corrected chi connectivity index (χ4v) is 4.79. The van der Waals surface area contributed by atoms with E-state index in [1.165, 1.54) is 27.9 Å². The van der Waals surface area contributed by atoms with Gasteiger partial charge in [0.1, 0.15) is 5.60 Å². The van der Waals surface area contributed by atoms with Gasteiger partial charge >= 0.3 is 0 Å². The molecule has 0 atom stereocenters. The molecule has 1 saturated heterocycles. The molecular formula is C24H29N3O2. The van der Waals surface area contributed by atoms with Crippen molar-refractivity contribution >= 4 is 11.5 Å². The lowest BCUT2D eigenvalue weighted by Gasteiger charge is -2.32. The lowest BCUT2D eigenvalue weighted by Crippen LogP contribution is -2.39. The van der Waals surface area contributed by atoms with Gasteiger partial charge in [-0.15, -0.1) is 0 Å². The summed E-state index contributed by atoms with van der Waals surface area (Å²) in [7, 11) is 2.07. The summed E-state index contributed by atoms with van der Waals surface area (Å²) in [6.07, 6.45) is 3.06. The molecular weight excluding hydrogens is 362 g/mol. The first-order valence-corrected chi connectivity index (χ1v) is 10.7. The van der Waals surface area contributed by atoms with Crippen LogP contribution in [-0.2, 0) is 17.9 Å². The van der Waals surface area contributed by atoms with Gasteiger partial charge in [0, 0.05) is 31.6 Å². The molecule has 2 heterocycles. The minimum absolute atomic E-state index is 0.0481. The monoisotopic (exact) mass is 391 g/mol. The maximum atomic E-state index is 12.3. The zero-order valence-electron chi connectivity index (χ0n) is 17.0. The number of hydrogen-bond donors (Lipinski definition) is 2. The van der Waals surface area contributed by atoms with Gasteiger partial charge in [-0.1, -0.05) is 42.5 Å². The van der Waals surface area contributed by atoms with E-state index in [1.807, 2.05) is 0 Å². The lowest BCUT2D eigenvalue weighted by atomic mass is 9.88. The van der Waals surface area contributed by atoms with Crippen LogP contribution in [0.5, 0.6) is 0 Å². The molecule has 2 aliphatic heterocycles. The number of nitrogens with one attached hydrogen (secondary N) is 1. The molecule has 0 spiro atoms. The van der Waals surface area contributed by atoms with Crippen LogP contribution < -0.4 is 10.4 Å². The van der Waals surface area contributed by atoms with Gasteiger partial charge in [-0.3, -0.25) is 9.69 Å². The van der Waals surface area contributed by atoms with E-state index in [2.05, 4.69) is 64.8 Å². The Morgan fingerprint density at radius 3 is 2.55 bits per heavy atom. The fourth-order valence-electron chi connectivity index (χ4n) is 4.79. The molecule has 5 nitrogen and oxygen atoms in total. The van der Waals surface area contributed by atoms with Crippen LogP contribution in [0.2, 0.25) is 0 Å². The quantitative estimate of drug-likeness (QED) is 0.820. The number of ketones is 1. The molecule has 3 aliphatic rings. The van der Waals surface area contributed by atoms with Gasteiger partial charge in [0.05, 0.1) is 5.69 Å². The van der Waals surface area contributed by atoms with E-state index in [0.29, 0.717) is 12.8 Å². The number of aliphatic hydroxyl groups is 1. The number of likely N-dealkylation sites (tertiary alicyclic amines) is 1. The molecule has 0 unspecified atom stereocenters. The highest BCUT2D eigenvalue weighted by Gasteiger charge is 2.50. The van der Waals surface area contributed by atoms with E-state index < -0.39 is 5.60 Å². The van der Waals surface area contributed by atoms with Crippen molar-refractivity contribution in [2.75, 3.05) is 25.1 Å². The highest BCUT2D eigenvalue weighted by Crippen LogP contribution is 2.40. The largest absolute Gasteiger partial charge is 0.382 e. The second kappa shape index (κ2) is 7.24. The van der Waals surface area contributed by atoms with Crippen LogP contribution in [0.1, 0.15) is 36.8 Å². The summed E-state index contributed by atoms with van der Waals surface area (Å²) < 4.78 is 0. The second-order valence-electron chi connectivity index (χ2n) is 8.85. The van der Waals surface area contributed by atoms with Crippen molar-refractivity contribution in [3.63, 3.8) is 0 Å². The third kappa shape index (κ3) is 3.59. The minimum Gasteiger partial charge on any atom is -0.382 e. The minimum atomic E-state index is -0.968. The first-order valence-electron chi connectivity index (χ1n) is 10.7. The van der Waals surface area contributed by atoms with Crippen LogP contribution in [0.4, 0.5) is 5.69 Å². The number of hydrogen-bond acceptors (Lipinski definition) is 5. The number of piperidine rings is 1. The zero-order valence-corrected chi connectivity index (χ0v) is 17.0. The maximum Gasteiger partial charge on any atom is 0.167 e. The Morgan fingerprint density at radius 2 is 1.86 bits per heavy atom. The number of carbonyl (C=O) groups is 1. The zero-order chi connectivity index (χ0) is 20.0. The van der Waals surface area contributed by atoms with Gasteiger partial charge in [-0.2, -0.15) is 0 Å². The molecule has 2 fully saturated rings. The number of nitrogens with zero attached hydrogens (tertiary/aromatic N) is 2. The summed E-state index contributed by atoms with van der Waals surface area (Å²) in [4.78, 5) is 14.8. The number of Topliss-reactive ketones (excluding diaryl/α,β-unsaturated/α-hetero) is 1. The normalized spacial score (nSPS) is 21.2.